The van der Waals surface area contributed by atoms with Gasteiger partial charge in [0.05, 0.1) is 4.34 Å². The number of ether oxygens (including phenoxy) is 1. The van der Waals surface area contributed by atoms with Crippen LogP contribution in [0.25, 0.3) is 0 Å². The summed E-state index contributed by atoms with van der Waals surface area (Å²) in [5.74, 6) is -4.10. The fourth-order valence-electron chi connectivity index (χ4n) is 1.83. The van der Waals surface area contributed by atoms with Crippen LogP contribution in [-0.2, 0) is 14.3 Å². The maximum absolute atomic E-state index is 13.1. The SMILES string of the molecule is COC(CNC(=O)C(=O)Nc1ccc(F)c(F)c1)c1ccc(Cl)s1. The fourth-order valence-corrected chi connectivity index (χ4v) is 2.97. The highest BCUT2D eigenvalue weighted by Crippen LogP contribution is 2.28. The highest BCUT2D eigenvalue weighted by atomic mass is 35.5. The van der Waals surface area contributed by atoms with E-state index in [1.54, 1.807) is 12.1 Å². The summed E-state index contributed by atoms with van der Waals surface area (Å²) in [6.07, 6.45) is -0.456. The van der Waals surface area contributed by atoms with Gasteiger partial charge in [-0.25, -0.2) is 8.78 Å². The second-order valence-electron chi connectivity index (χ2n) is 4.66. The van der Waals surface area contributed by atoms with E-state index >= 15 is 0 Å². The zero-order valence-corrected chi connectivity index (χ0v) is 14.0. The van der Waals surface area contributed by atoms with E-state index in [-0.39, 0.29) is 12.2 Å². The Labute approximate surface area is 145 Å². The number of hydrogen-bond donors (Lipinski definition) is 2. The van der Waals surface area contributed by atoms with Crippen LogP contribution in [0.5, 0.6) is 0 Å². The summed E-state index contributed by atoms with van der Waals surface area (Å²) in [5, 5.41) is 4.59. The third kappa shape index (κ3) is 4.73. The Balaban J connectivity index is 1.91. The average molecular weight is 375 g/mol. The minimum absolute atomic E-state index is 0.0256. The quantitative estimate of drug-likeness (QED) is 0.790. The number of halogens is 3. The van der Waals surface area contributed by atoms with Crippen LogP contribution in [0.3, 0.4) is 0 Å². The van der Waals surface area contributed by atoms with Crippen LogP contribution < -0.4 is 10.6 Å². The molecule has 0 saturated carbocycles. The van der Waals surface area contributed by atoms with Gasteiger partial charge in [0.2, 0.25) is 0 Å². The highest BCUT2D eigenvalue weighted by molar-refractivity contribution is 7.16. The molecule has 1 heterocycles. The van der Waals surface area contributed by atoms with Crippen molar-refractivity contribution in [3.8, 4) is 0 Å². The van der Waals surface area contributed by atoms with Crippen molar-refractivity contribution in [3.63, 3.8) is 0 Å². The first-order chi connectivity index (χ1) is 11.4. The molecule has 2 aromatic rings. The average Bonchev–Trinajstić information content (AvgIpc) is 2.97. The Bertz CT molecular complexity index is 754. The normalized spacial score (nSPS) is 11.8. The molecule has 0 fully saturated rings. The number of carbonyl (C=O) groups excluding carboxylic acids is 2. The number of thiophene rings is 1. The first-order valence-corrected chi connectivity index (χ1v) is 7.92. The highest BCUT2D eigenvalue weighted by Gasteiger charge is 2.18. The number of carbonyl (C=O) groups is 2. The molecule has 0 aliphatic rings. The van der Waals surface area contributed by atoms with Crippen LogP contribution in [-0.4, -0.2) is 25.5 Å². The third-order valence-electron chi connectivity index (χ3n) is 3.03. The Kier molecular flexibility index (Phi) is 6.24. The minimum Gasteiger partial charge on any atom is -0.374 e. The summed E-state index contributed by atoms with van der Waals surface area (Å²) in [4.78, 5) is 24.3. The number of amides is 2. The van der Waals surface area contributed by atoms with E-state index in [0.717, 1.165) is 23.1 Å². The molecular weight excluding hydrogens is 362 g/mol. The van der Waals surface area contributed by atoms with Crippen LogP contribution in [0.4, 0.5) is 14.5 Å². The second kappa shape index (κ2) is 8.18. The van der Waals surface area contributed by atoms with Crippen molar-refractivity contribution in [2.24, 2.45) is 0 Å². The van der Waals surface area contributed by atoms with Crippen molar-refractivity contribution >= 4 is 40.4 Å². The molecule has 1 aromatic carbocycles. The summed E-state index contributed by atoms with van der Waals surface area (Å²) in [7, 11) is 1.46. The van der Waals surface area contributed by atoms with Crippen molar-refractivity contribution in [1.82, 2.24) is 5.32 Å². The summed E-state index contributed by atoms with van der Waals surface area (Å²) in [6, 6.07) is 6.24. The lowest BCUT2D eigenvalue weighted by atomic mass is 10.2. The van der Waals surface area contributed by atoms with Gasteiger partial charge < -0.3 is 15.4 Å². The van der Waals surface area contributed by atoms with Gasteiger partial charge >= 0.3 is 11.8 Å². The monoisotopic (exact) mass is 374 g/mol. The van der Waals surface area contributed by atoms with Gasteiger partial charge in [-0.15, -0.1) is 11.3 Å². The Morgan fingerprint density at radius 2 is 1.96 bits per heavy atom. The first-order valence-electron chi connectivity index (χ1n) is 6.73. The molecule has 2 rings (SSSR count). The smallest absolute Gasteiger partial charge is 0.313 e. The summed E-state index contributed by atoms with van der Waals surface area (Å²) in [5.41, 5.74) is -0.0256. The summed E-state index contributed by atoms with van der Waals surface area (Å²) < 4.78 is 31.7. The van der Waals surface area contributed by atoms with Gasteiger partial charge in [-0.05, 0) is 24.3 Å². The van der Waals surface area contributed by atoms with Crippen molar-refractivity contribution in [2.45, 2.75) is 6.10 Å². The van der Waals surface area contributed by atoms with Crippen molar-refractivity contribution < 1.29 is 23.1 Å². The summed E-state index contributed by atoms with van der Waals surface area (Å²) >= 11 is 7.14. The van der Waals surface area contributed by atoms with Gasteiger partial charge in [-0.3, -0.25) is 9.59 Å². The van der Waals surface area contributed by atoms with Crippen molar-refractivity contribution in [1.29, 1.82) is 0 Å². The second-order valence-corrected chi connectivity index (χ2v) is 6.41. The molecular formula is C15H13ClF2N2O3S. The Morgan fingerprint density at radius 1 is 1.21 bits per heavy atom. The molecule has 1 unspecified atom stereocenters. The lowest BCUT2D eigenvalue weighted by Gasteiger charge is -2.14. The molecule has 0 bridgehead atoms. The van der Waals surface area contributed by atoms with Gasteiger partial charge in [-0.1, -0.05) is 11.6 Å². The van der Waals surface area contributed by atoms with Crippen molar-refractivity contribution in [3.05, 3.63) is 51.2 Å². The number of methoxy groups -OCH3 is 1. The van der Waals surface area contributed by atoms with Crippen LogP contribution in [0.2, 0.25) is 4.34 Å². The molecule has 1 atom stereocenters. The van der Waals surface area contributed by atoms with Crippen LogP contribution in [0.1, 0.15) is 11.0 Å². The van der Waals surface area contributed by atoms with Gasteiger partial charge in [-0.2, -0.15) is 0 Å². The molecule has 2 amide bonds. The molecule has 0 aliphatic heterocycles. The van der Waals surface area contributed by atoms with E-state index in [0.29, 0.717) is 4.34 Å². The molecule has 2 N–H and O–H groups in total. The number of rotatable bonds is 5. The van der Waals surface area contributed by atoms with Gasteiger partial charge in [0.25, 0.3) is 0 Å². The predicted molar refractivity (Wildman–Crippen MR) is 87.1 cm³/mol. The lowest BCUT2D eigenvalue weighted by molar-refractivity contribution is -0.136. The van der Waals surface area contributed by atoms with Crippen LogP contribution in [0, 0.1) is 11.6 Å². The maximum atomic E-state index is 13.1. The van der Waals surface area contributed by atoms with Crippen LogP contribution >= 0.6 is 22.9 Å². The van der Waals surface area contributed by atoms with E-state index in [1.807, 2.05) is 0 Å². The van der Waals surface area contributed by atoms with Gasteiger partial charge in [0.1, 0.15) is 6.10 Å². The molecule has 0 radical (unpaired) electrons. The molecule has 0 aliphatic carbocycles. The van der Waals surface area contributed by atoms with E-state index < -0.39 is 29.6 Å². The zero-order chi connectivity index (χ0) is 17.7. The molecule has 0 saturated heterocycles. The minimum atomic E-state index is -1.12. The Morgan fingerprint density at radius 3 is 2.54 bits per heavy atom. The molecule has 0 spiro atoms. The number of hydrogen-bond acceptors (Lipinski definition) is 4. The fraction of sp³-hybridized carbons (Fsp3) is 0.200. The molecule has 5 nitrogen and oxygen atoms in total. The van der Waals surface area contributed by atoms with Gasteiger partial charge in [0.15, 0.2) is 11.6 Å². The number of benzene rings is 1. The van der Waals surface area contributed by atoms with Gasteiger partial charge in [0, 0.05) is 30.3 Å². The lowest BCUT2D eigenvalue weighted by Crippen LogP contribution is -2.37. The number of nitrogens with one attached hydrogen (secondary N) is 2. The molecule has 9 heteroatoms. The topological polar surface area (TPSA) is 67.4 Å². The van der Waals surface area contributed by atoms with Crippen molar-refractivity contribution in [2.75, 3.05) is 19.0 Å². The van der Waals surface area contributed by atoms with E-state index in [2.05, 4.69) is 10.6 Å². The number of anilines is 1. The largest absolute Gasteiger partial charge is 0.374 e. The predicted octanol–water partition coefficient (Wildman–Crippen LogP) is 3.12. The molecule has 24 heavy (non-hydrogen) atoms. The maximum Gasteiger partial charge on any atom is 0.313 e. The summed E-state index contributed by atoms with van der Waals surface area (Å²) in [6.45, 7) is 0.0530. The van der Waals surface area contributed by atoms with E-state index in [4.69, 9.17) is 16.3 Å². The Hall–Kier alpha value is -2.03. The molecule has 128 valence electrons. The third-order valence-corrected chi connectivity index (χ3v) is 4.35. The zero-order valence-electron chi connectivity index (χ0n) is 12.4. The standard InChI is InChI=1S/C15H13ClF2N2O3S/c1-23-11(12-4-5-13(16)24-12)7-19-14(21)15(22)20-8-2-3-9(17)10(18)6-8/h2-6,11H,7H2,1H3,(H,19,21)(H,20,22). The van der Waals surface area contributed by atoms with E-state index in [1.165, 1.54) is 18.4 Å². The molecule has 1 aromatic heterocycles. The first kappa shape index (κ1) is 18.3. The van der Waals surface area contributed by atoms with Crippen LogP contribution in [0.15, 0.2) is 30.3 Å². The van der Waals surface area contributed by atoms with E-state index in [9.17, 15) is 18.4 Å².